The first-order valence-electron chi connectivity index (χ1n) is 3.88. The van der Waals surface area contributed by atoms with Crippen molar-refractivity contribution < 1.29 is 9.90 Å². The van der Waals surface area contributed by atoms with Crippen LogP contribution in [0.25, 0.3) is 0 Å². The van der Waals surface area contributed by atoms with E-state index in [9.17, 15) is 4.79 Å². The number of hydrogen-bond acceptors (Lipinski definition) is 2. The lowest BCUT2D eigenvalue weighted by Gasteiger charge is -2.03. The van der Waals surface area contributed by atoms with Gasteiger partial charge in [-0.15, -0.1) is 0 Å². The van der Waals surface area contributed by atoms with E-state index in [-0.39, 0.29) is 6.42 Å². The number of imidazole rings is 1. The molecule has 0 atom stereocenters. The van der Waals surface area contributed by atoms with E-state index in [0.717, 1.165) is 12.2 Å². The Morgan fingerprint density at radius 2 is 2.42 bits per heavy atom. The fraction of sp³-hybridized carbons (Fsp3) is 0.500. The first-order valence-corrected chi connectivity index (χ1v) is 3.88. The maximum absolute atomic E-state index is 10.4. The zero-order valence-electron chi connectivity index (χ0n) is 7.24. The van der Waals surface area contributed by atoms with Crippen LogP contribution in [0, 0.1) is 6.92 Å². The zero-order valence-corrected chi connectivity index (χ0v) is 7.24. The molecule has 1 aromatic rings. The molecule has 0 unspecified atom stereocenters. The molecule has 1 aromatic heterocycles. The van der Waals surface area contributed by atoms with E-state index in [2.05, 4.69) is 4.98 Å². The Morgan fingerprint density at radius 1 is 1.75 bits per heavy atom. The van der Waals surface area contributed by atoms with Gasteiger partial charge in [0.05, 0.1) is 0 Å². The maximum Gasteiger partial charge on any atom is 0.311 e. The molecule has 0 fully saturated rings. The van der Waals surface area contributed by atoms with E-state index in [1.54, 1.807) is 6.20 Å². The standard InChI is InChI=1S/C8H12N2O2/c1-3-10-6(2)5-9-7(10)4-8(11)12/h5H,3-4H2,1-2H3,(H,11,12). The first kappa shape index (κ1) is 8.77. The van der Waals surface area contributed by atoms with E-state index < -0.39 is 5.97 Å². The molecule has 12 heavy (non-hydrogen) atoms. The number of nitrogens with zero attached hydrogens (tertiary/aromatic N) is 2. The molecule has 0 saturated carbocycles. The third kappa shape index (κ3) is 1.64. The van der Waals surface area contributed by atoms with Crippen molar-refractivity contribution >= 4 is 5.97 Å². The summed E-state index contributed by atoms with van der Waals surface area (Å²) in [5.41, 5.74) is 1.01. The monoisotopic (exact) mass is 168 g/mol. The molecule has 1 heterocycles. The Balaban J connectivity index is 2.91. The number of carboxylic acids is 1. The maximum atomic E-state index is 10.4. The second-order valence-corrected chi connectivity index (χ2v) is 2.63. The molecular weight excluding hydrogens is 156 g/mol. The average molecular weight is 168 g/mol. The number of carbonyl (C=O) groups is 1. The zero-order chi connectivity index (χ0) is 9.14. The highest BCUT2D eigenvalue weighted by Crippen LogP contribution is 2.04. The van der Waals surface area contributed by atoms with Gasteiger partial charge in [-0.25, -0.2) is 4.98 Å². The molecule has 4 nitrogen and oxygen atoms in total. The number of carboxylic acid groups (broad SMARTS) is 1. The highest BCUT2D eigenvalue weighted by atomic mass is 16.4. The van der Waals surface area contributed by atoms with E-state index in [1.807, 2.05) is 18.4 Å². The van der Waals surface area contributed by atoms with Crippen LogP contribution >= 0.6 is 0 Å². The Labute approximate surface area is 70.9 Å². The van der Waals surface area contributed by atoms with Gasteiger partial charge in [0.15, 0.2) is 0 Å². The predicted octanol–water partition coefficient (Wildman–Crippen LogP) is 0.839. The smallest absolute Gasteiger partial charge is 0.311 e. The van der Waals surface area contributed by atoms with Crippen LogP contribution in [0.15, 0.2) is 6.20 Å². The molecule has 4 heteroatoms. The molecule has 0 bridgehead atoms. The topological polar surface area (TPSA) is 55.1 Å². The fourth-order valence-electron chi connectivity index (χ4n) is 1.22. The van der Waals surface area contributed by atoms with Gasteiger partial charge < -0.3 is 9.67 Å². The van der Waals surface area contributed by atoms with Crippen LogP contribution in [0.2, 0.25) is 0 Å². The summed E-state index contributed by atoms with van der Waals surface area (Å²) >= 11 is 0. The summed E-state index contributed by atoms with van der Waals surface area (Å²) in [5.74, 6) is -0.210. The van der Waals surface area contributed by atoms with Crippen molar-refractivity contribution in [3.63, 3.8) is 0 Å². The van der Waals surface area contributed by atoms with Gasteiger partial charge in [-0.05, 0) is 13.8 Å². The number of hydrogen-bond donors (Lipinski definition) is 1. The summed E-state index contributed by atoms with van der Waals surface area (Å²) in [4.78, 5) is 14.4. The molecule has 0 aromatic carbocycles. The third-order valence-electron chi connectivity index (χ3n) is 1.76. The summed E-state index contributed by atoms with van der Waals surface area (Å²) < 4.78 is 1.90. The van der Waals surface area contributed by atoms with Crippen LogP contribution in [-0.2, 0) is 17.8 Å². The Hall–Kier alpha value is -1.32. The lowest BCUT2D eigenvalue weighted by molar-refractivity contribution is -0.136. The highest BCUT2D eigenvalue weighted by molar-refractivity contribution is 5.69. The molecule has 1 N–H and O–H groups in total. The summed E-state index contributed by atoms with van der Waals surface area (Å²) in [7, 11) is 0. The van der Waals surface area contributed by atoms with Gasteiger partial charge in [-0.1, -0.05) is 0 Å². The minimum absolute atomic E-state index is 0.00167. The van der Waals surface area contributed by atoms with Crippen LogP contribution in [0.4, 0.5) is 0 Å². The normalized spacial score (nSPS) is 10.2. The largest absolute Gasteiger partial charge is 0.481 e. The van der Waals surface area contributed by atoms with Crippen molar-refractivity contribution in [2.24, 2.45) is 0 Å². The molecular formula is C8H12N2O2. The number of aryl methyl sites for hydroxylation is 1. The van der Waals surface area contributed by atoms with Crippen LogP contribution in [0.1, 0.15) is 18.4 Å². The number of aliphatic carboxylic acids is 1. The minimum Gasteiger partial charge on any atom is -0.481 e. The van der Waals surface area contributed by atoms with E-state index >= 15 is 0 Å². The second-order valence-electron chi connectivity index (χ2n) is 2.63. The highest BCUT2D eigenvalue weighted by Gasteiger charge is 2.08. The lowest BCUT2D eigenvalue weighted by Crippen LogP contribution is -2.09. The van der Waals surface area contributed by atoms with Crippen LogP contribution in [0.5, 0.6) is 0 Å². The van der Waals surface area contributed by atoms with Gasteiger partial charge in [0.2, 0.25) is 0 Å². The molecule has 66 valence electrons. The van der Waals surface area contributed by atoms with Crippen LogP contribution in [0.3, 0.4) is 0 Å². The molecule has 0 spiro atoms. The van der Waals surface area contributed by atoms with Crippen molar-refractivity contribution in [1.82, 2.24) is 9.55 Å². The van der Waals surface area contributed by atoms with Gasteiger partial charge in [0, 0.05) is 18.4 Å². The third-order valence-corrected chi connectivity index (χ3v) is 1.76. The number of rotatable bonds is 3. The second kappa shape index (κ2) is 3.38. The fourth-order valence-corrected chi connectivity index (χ4v) is 1.22. The minimum atomic E-state index is -0.838. The molecule has 1 rings (SSSR count). The van der Waals surface area contributed by atoms with Crippen molar-refractivity contribution in [3.05, 3.63) is 17.7 Å². The SMILES string of the molecule is CCn1c(C)cnc1CC(=O)O. The van der Waals surface area contributed by atoms with E-state index in [0.29, 0.717) is 5.82 Å². The summed E-state index contributed by atoms with van der Waals surface area (Å²) in [5, 5.41) is 8.54. The van der Waals surface area contributed by atoms with Gasteiger partial charge in [0.25, 0.3) is 0 Å². The Morgan fingerprint density at radius 3 is 2.92 bits per heavy atom. The van der Waals surface area contributed by atoms with Crippen molar-refractivity contribution in [1.29, 1.82) is 0 Å². The molecule has 0 saturated heterocycles. The van der Waals surface area contributed by atoms with Crippen molar-refractivity contribution in [2.45, 2.75) is 26.8 Å². The van der Waals surface area contributed by atoms with Crippen molar-refractivity contribution in [2.75, 3.05) is 0 Å². The van der Waals surface area contributed by atoms with Gasteiger partial charge >= 0.3 is 5.97 Å². The quantitative estimate of drug-likeness (QED) is 0.727. The molecule has 0 amide bonds. The summed E-state index contributed by atoms with van der Waals surface area (Å²) in [6.07, 6.45) is 1.70. The summed E-state index contributed by atoms with van der Waals surface area (Å²) in [6, 6.07) is 0. The Bertz CT molecular complexity index is 291. The Kier molecular flexibility index (Phi) is 2.47. The predicted molar refractivity (Wildman–Crippen MR) is 44.0 cm³/mol. The van der Waals surface area contributed by atoms with E-state index in [1.165, 1.54) is 0 Å². The molecule has 0 aliphatic heterocycles. The van der Waals surface area contributed by atoms with E-state index in [4.69, 9.17) is 5.11 Å². The molecule has 0 aliphatic carbocycles. The van der Waals surface area contributed by atoms with Crippen LogP contribution in [-0.4, -0.2) is 20.6 Å². The van der Waals surface area contributed by atoms with Gasteiger partial charge in [-0.2, -0.15) is 0 Å². The number of aromatic nitrogens is 2. The molecule has 0 radical (unpaired) electrons. The first-order chi connectivity index (χ1) is 5.65. The van der Waals surface area contributed by atoms with Crippen LogP contribution < -0.4 is 0 Å². The summed E-state index contributed by atoms with van der Waals surface area (Å²) in [6.45, 7) is 4.66. The van der Waals surface area contributed by atoms with Gasteiger partial charge in [0.1, 0.15) is 12.2 Å². The lowest BCUT2D eigenvalue weighted by atomic mass is 10.4. The average Bonchev–Trinajstić information content (AvgIpc) is 2.30. The molecule has 0 aliphatic rings. The van der Waals surface area contributed by atoms with Gasteiger partial charge in [-0.3, -0.25) is 4.79 Å². The van der Waals surface area contributed by atoms with Crippen molar-refractivity contribution in [3.8, 4) is 0 Å².